The molecule has 1 N–H and O–H groups in total. The highest BCUT2D eigenvalue weighted by Crippen LogP contribution is 2.27. The fourth-order valence-corrected chi connectivity index (χ4v) is 2.92. The van der Waals surface area contributed by atoms with Gasteiger partial charge in [-0.3, -0.25) is 0 Å². The number of hydrogen-bond donors (Lipinski definition) is 1. The summed E-state index contributed by atoms with van der Waals surface area (Å²) in [4.78, 5) is 0. The predicted octanol–water partition coefficient (Wildman–Crippen LogP) is 4.95. The van der Waals surface area contributed by atoms with E-state index in [0.717, 1.165) is 9.90 Å². The molecule has 1 aromatic carbocycles. The van der Waals surface area contributed by atoms with Crippen LogP contribution in [0.3, 0.4) is 0 Å². The molecule has 2 rings (SSSR count). The van der Waals surface area contributed by atoms with Crippen LogP contribution in [0, 0.1) is 5.82 Å². The highest BCUT2D eigenvalue weighted by atomic mass is 35.5. The third-order valence-electron chi connectivity index (χ3n) is 2.96. The molecule has 1 aromatic heterocycles. The number of hydrogen-bond acceptors (Lipinski definition) is 2. The van der Waals surface area contributed by atoms with Crippen molar-refractivity contribution < 1.29 is 4.39 Å². The van der Waals surface area contributed by atoms with E-state index in [4.69, 9.17) is 11.6 Å². The van der Waals surface area contributed by atoms with Crippen molar-refractivity contribution in [3.05, 3.63) is 57.0 Å². The summed E-state index contributed by atoms with van der Waals surface area (Å²) >= 11 is 7.42. The number of halogens is 2. The van der Waals surface area contributed by atoms with E-state index in [-0.39, 0.29) is 17.9 Å². The first-order chi connectivity index (χ1) is 8.58. The van der Waals surface area contributed by atoms with Gasteiger partial charge in [0.1, 0.15) is 5.82 Å². The number of benzene rings is 1. The van der Waals surface area contributed by atoms with E-state index in [1.807, 2.05) is 24.4 Å². The molecule has 0 fully saturated rings. The smallest absolute Gasteiger partial charge is 0.127 e. The highest BCUT2D eigenvalue weighted by molar-refractivity contribution is 7.14. The maximum Gasteiger partial charge on any atom is 0.127 e. The van der Waals surface area contributed by atoms with E-state index >= 15 is 0 Å². The molecule has 0 spiro atoms. The molecule has 0 saturated carbocycles. The summed E-state index contributed by atoms with van der Waals surface area (Å²) in [5.41, 5.74) is 1.82. The molecule has 0 saturated heterocycles. The zero-order chi connectivity index (χ0) is 13.1. The first-order valence-corrected chi connectivity index (χ1v) is 7.08. The van der Waals surface area contributed by atoms with Gasteiger partial charge in [-0.05, 0) is 36.9 Å². The van der Waals surface area contributed by atoms with Crippen molar-refractivity contribution in [2.75, 3.05) is 0 Å². The van der Waals surface area contributed by atoms with Crippen LogP contribution in [0.15, 0.2) is 35.7 Å². The quantitative estimate of drug-likeness (QED) is 0.837. The monoisotopic (exact) mass is 283 g/mol. The van der Waals surface area contributed by atoms with Gasteiger partial charge in [-0.15, -0.1) is 11.3 Å². The van der Waals surface area contributed by atoms with Crippen LogP contribution >= 0.6 is 22.9 Å². The van der Waals surface area contributed by atoms with Gasteiger partial charge in [-0.2, -0.15) is 0 Å². The van der Waals surface area contributed by atoms with Gasteiger partial charge in [0.25, 0.3) is 0 Å². The predicted molar refractivity (Wildman–Crippen MR) is 75.7 cm³/mol. The summed E-state index contributed by atoms with van der Waals surface area (Å²) in [6.07, 6.45) is 0. The zero-order valence-electron chi connectivity index (χ0n) is 10.3. The van der Waals surface area contributed by atoms with Crippen molar-refractivity contribution in [1.82, 2.24) is 5.32 Å². The van der Waals surface area contributed by atoms with Crippen LogP contribution < -0.4 is 5.32 Å². The van der Waals surface area contributed by atoms with Crippen LogP contribution in [0.5, 0.6) is 0 Å². The highest BCUT2D eigenvalue weighted by Gasteiger charge is 2.14. The molecular formula is C14H15ClFNS. The van der Waals surface area contributed by atoms with Crippen molar-refractivity contribution in [2.24, 2.45) is 0 Å². The molecule has 0 bridgehead atoms. The lowest BCUT2D eigenvalue weighted by atomic mass is 10.1. The second-order valence-corrected chi connectivity index (χ2v) is 5.86. The molecule has 0 aliphatic heterocycles. The van der Waals surface area contributed by atoms with Crippen molar-refractivity contribution in [2.45, 2.75) is 25.9 Å². The largest absolute Gasteiger partial charge is 0.304 e. The first-order valence-electron chi connectivity index (χ1n) is 5.82. The molecule has 2 atom stereocenters. The Morgan fingerprint density at radius 3 is 2.56 bits per heavy atom. The van der Waals surface area contributed by atoms with E-state index in [0.29, 0.717) is 5.56 Å². The summed E-state index contributed by atoms with van der Waals surface area (Å²) in [7, 11) is 0. The van der Waals surface area contributed by atoms with Gasteiger partial charge < -0.3 is 5.32 Å². The van der Waals surface area contributed by atoms with Crippen molar-refractivity contribution in [1.29, 1.82) is 0 Å². The van der Waals surface area contributed by atoms with Crippen molar-refractivity contribution >= 4 is 22.9 Å². The second-order valence-electron chi connectivity index (χ2n) is 4.32. The standard InChI is InChI=1S/C14H15ClFNS/c1-9(11-7-14(15)18-8-11)17-10(2)12-5-3-4-6-13(12)16/h3-10,17H,1-2H3/t9?,10-/m1/s1. The lowest BCUT2D eigenvalue weighted by molar-refractivity contribution is 0.474. The van der Waals surface area contributed by atoms with E-state index in [2.05, 4.69) is 12.2 Å². The molecule has 4 heteroatoms. The molecule has 0 aliphatic rings. The third-order valence-corrected chi connectivity index (χ3v) is 4.07. The third kappa shape index (κ3) is 3.10. The fourth-order valence-electron chi connectivity index (χ4n) is 1.94. The lowest BCUT2D eigenvalue weighted by Crippen LogP contribution is -2.22. The van der Waals surface area contributed by atoms with Gasteiger partial charge in [0.05, 0.1) is 4.34 Å². The van der Waals surface area contributed by atoms with E-state index in [1.54, 1.807) is 12.1 Å². The Hall–Kier alpha value is -0.900. The number of rotatable bonds is 4. The Labute approximate surface area is 116 Å². The summed E-state index contributed by atoms with van der Waals surface area (Å²) in [5, 5.41) is 5.40. The van der Waals surface area contributed by atoms with Gasteiger partial charge in [0.15, 0.2) is 0 Å². The van der Waals surface area contributed by atoms with E-state index in [9.17, 15) is 4.39 Å². The Kier molecular flexibility index (Phi) is 4.38. The van der Waals surface area contributed by atoms with Gasteiger partial charge in [0, 0.05) is 17.6 Å². The maximum atomic E-state index is 13.6. The molecule has 0 amide bonds. The topological polar surface area (TPSA) is 12.0 Å². The van der Waals surface area contributed by atoms with E-state index < -0.39 is 0 Å². The second kappa shape index (κ2) is 5.83. The van der Waals surface area contributed by atoms with Crippen molar-refractivity contribution in [3.63, 3.8) is 0 Å². The van der Waals surface area contributed by atoms with Crippen LogP contribution in [0.2, 0.25) is 4.34 Å². The van der Waals surface area contributed by atoms with Crippen LogP contribution in [-0.2, 0) is 0 Å². The Bertz CT molecular complexity index is 526. The summed E-state index contributed by atoms with van der Waals surface area (Å²) in [6.45, 7) is 4.01. The average molecular weight is 284 g/mol. The van der Waals surface area contributed by atoms with Gasteiger partial charge in [0.2, 0.25) is 0 Å². The molecule has 1 unspecified atom stereocenters. The van der Waals surface area contributed by atoms with Crippen LogP contribution in [0.25, 0.3) is 0 Å². The normalized spacial score (nSPS) is 14.4. The minimum atomic E-state index is -0.173. The minimum Gasteiger partial charge on any atom is -0.304 e. The van der Waals surface area contributed by atoms with Gasteiger partial charge >= 0.3 is 0 Å². The summed E-state index contributed by atoms with van der Waals surface area (Å²) < 4.78 is 14.4. The Morgan fingerprint density at radius 1 is 1.22 bits per heavy atom. The maximum absolute atomic E-state index is 13.6. The number of thiophene rings is 1. The SMILES string of the molecule is CC(N[C@H](C)c1ccccc1F)c1csc(Cl)c1. The molecule has 0 aliphatic carbocycles. The van der Waals surface area contributed by atoms with Crippen LogP contribution in [0.1, 0.15) is 37.1 Å². The lowest BCUT2D eigenvalue weighted by Gasteiger charge is -2.20. The molecule has 96 valence electrons. The summed E-state index contributed by atoms with van der Waals surface area (Å²) in [6, 6.07) is 8.89. The molecule has 2 aromatic rings. The fraction of sp³-hybridized carbons (Fsp3) is 0.286. The van der Waals surface area contributed by atoms with E-state index in [1.165, 1.54) is 17.4 Å². The van der Waals surface area contributed by atoms with Crippen molar-refractivity contribution in [3.8, 4) is 0 Å². The van der Waals surface area contributed by atoms with Gasteiger partial charge in [-0.1, -0.05) is 29.8 Å². The Morgan fingerprint density at radius 2 is 1.94 bits per heavy atom. The minimum absolute atomic E-state index is 0.0418. The summed E-state index contributed by atoms with van der Waals surface area (Å²) in [5.74, 6) is -0.173. The van der Waals surface area contributed by atoms with Crippen LogP contribution in [0.4, 0.5) is 4.39 Å². The Balaban J connectivity index is 2.08. The van der Waals surface area contributed by atoms with Gasteiger partial charge in [-0.25, -0.2) is 4.39 Å². The molecule has 0 radical (unpaired) electrons. The number of nitrogens with one attached hydrogen (secondary N) is 1. The molecule has 1 heterocycles. The molecule has 18 heavy (non-hydrogen) atoms. The average Bonchev–Trinajstić information content (AvgIpc) is 2.76. The van der Waals surface area contributed by atoms with Crippen LogP contribution in [-0.4, -0.2) is 0 Å². The molecular weight excluding hydrogens is 269 g/mol. The first kappa shape index (κ1) is 13.5. The molecule has 1 nitrogen and oxygen atoms in total. The zero-order valence-corrected chi connectivity index (χ0v) is 11.9.